The molecule has 2 nitrogen and oxygen atoms in total. The van der Waals surface area contributed by atoms with E-state index in [4.69, 9.17) is 0 Å². The van der Waals surface area contributed by atoms with E-state index in [9.17, 15) is 4.79 Å². The summed E-state index contributed by atoms with van der Waals surface area (Å²) >= 11 is 3.63. The third-order valence-corrected chi connectivity index (χ3v) is 5.86. The maximum absolute atomic E-state index is 12.4. The summed E-state index contributed by atoms with van der Waals surface area (Å²) in [6.45, 7) is 1.74. The normalized spacial score (nSPS) is 19.2. The van der Waals surface area contributed by atoms with E-state index in [-0.39, 0.29) is 5.91 Å². The SMILES string of the molecule is O=C(Cc1ccsc1)N1CCS[C@H](c2ccccc2)CC1. The molecule has 0 N–H and O–H groups in total. The molecule has 1 aromatic carbocycles. The number of rotatable bonds is 3. The number of thiophene rings is 1. The molecule has 1 aliphatic heterocycles. The van der Waals surface area contributed by atoms with E-state index >= 15 is 0 Å². The van der Waals surface area contributed by atoms with Crippen molar-refractivity contribution in [1.29, 1.82) is 0 Å². The minimum Gasteiger partial charge on any atom is -0.342 e. The largest absolute Gasteiger partial charge is 0.342 e. The Morgan fingerprint density at radius 2 is 2.05 bits per heavy atom. The van der Waals surface area contributed by atoms with E-state index in [0.717, 1.165) is 30.8 Å². The van der Waals surface area contributed by atoms with Crippen LogP contribution in [0.1, 0.15) is 22.8 Å². The van der Waals surface area contributed by atoms with Crippen LogP contribution < -0.4 is 0 Å². The maximum Gasteiger partial charge on any atom is 0.227 e. The van der Waals surface area contributed by atoms with Crippen molar-refractivity contribution in [1.82, 2.24) is 4.90 Å². The van der Waals surface area contributed by atoms with Crippen LogP contribution in [-0.2, 0) is 11.2 Å². The third kappa shape index (κ3) is 3.89. The molecule has 0 saturated carbocycles. The lowest BCUT2D eigenvalue weighted by atomic mass is 10.1. The standard InChI is InChI=1S/C17H19NOS2/c19-17(12-14-7-10-20-13-14)18-8-6-16(21-11-9-18)15-4-2-1-3-5-15/h1-5,7,10,13,16H,6,8-9,11-12H2/t16-/m0/s1. The lowest BCUT2D eigenvalue weighted by Crippen LogP contribution is -2.34. The Labute approximate surface area is 134 Å². The Hall–Kier alpha value is -1.26. The van der Waals surface area contributed by atoms with Gasteiger partial charge in [-0.25, -0.2) is 0 Å². The second-order valence-electron chi connectivity index (χ2n) is 5.25. The molecule has 2 heterocycles. The molecule has 110 valence electrons. The first-order valence-electron chi connectivity index (χ1n) is 7.28. The van der Waals surface area contributed by atoms with Gasteiger partial charge < -0.3 is 4.90 Å². The minimum absolute atomic E-state index is 0.266. The molecule has 0 bridgehead atoms. The zero-order valence-corrected chi connectivity index (χ0v) is 13.5. The molecule has 0 unspecified atom stereocenters. The topological polar surface area (TPSA) is 20.3 Å². The highest BCUT2D eigenvalue weighted by Crippen LogP contribution is 2.34. The fraction of sp³-hybridized carbons (Fsp3) is 0.353. The van der Waals surface area contributed by atoms with Crippen molar-refractivity contribution in [2.75, 3.05) is 18.8 Å². The van der Waals surface area contributed by atoms with Gasteiger partial charge in [0, 0.05) is 24.1 Å². The second-order valence-corrected chi connectivity index (χ2v) is 7.34. The number of thioether (sulfide) groups is 1. The summed E-state index contributed by atoms with van der Waals surface area (Å²) in [5.74, 6) is 1.29. The molecule has 1 amide bonds. The van der Waals surface area contributed by atoms with Crippen molar-refractivity contribution in [2.45, 2.75) is 18.1 Å². The fourth-order valence-electron chi connectivity index (χ4n) is 2.63. The minimum atomic E-state index is 0.266. The quantitative estimate of drug-likeness (QED) is 0.853. The Morgan fingerprint density at radius 3 is 2.81 bits per heavy atom. The lowest BCUT2D eigenvalue weighted by Gasteiger charge is -2.20. The predicted molar refractivity (Wildman–Crippen MR) is 90.9 cm³/mol. The van der Waals surface area contributed by atoms with Gasteiger partial charge in [0.25, 0.3) is 0 Å². The second kappa shape index (κ2) is 7.14. The molecule has 3 rings (SSSR count). The van der Waals surface area contributed by atoms with Gasteiger partial charge in [-0.2, -0.15) is 23.1 Å². The summed E-state index contributed by atoms with van der Waals surface area (Å²) in [7, 11) is 0. The zero-order valence-electron chi connectivity index (χ0n) is 11.9. The van der Waals surface area contributed by atoms with Crippen molar-refractivity contribution < 1.29 is 4.79 Å². The van der Waals surface area contributed by atoms with Crippen LogP contribution in [0, 0.1) is 0 Å². The Kier molecular flexibility index (Phi) is 4.99. The number of carbonyl (C=O) groups is 1. The van der Waals surface area contributed by atoms with Gasteiger partial charge in [-0.05, 0) is 34.4 Å². The van der Waals surface area contributed by atoms with Crippen LogP contribution in [0.4, 0.5) is 0 Å². The predicted octanol–water partition coefficient (Wildman–Crippen LogP) is 4.00. The number of hydrogen-bond donors (Lipinski definition) is 0. The summed E-state index contributed by atoms with van der Waals surface area (Å²) in [5.41, 5.74) is 2.52. The van der Waals surface area contributed by atoms with Crippen molar-refractivity contribution in [3.8, 4) is 0 Å². The molecule has 0 radical (unpaired) electrons. The van der Waals surface area contributed by atoms with E-state index < -0.39 is 0 Å². The van der Waals surface area contributed by atoms with Gasteiger partial charge in [-0.15, -0.1) is 0 Å². The van der Waals surface area contributed by atoms with Crippen molar-refractivity contribution in [2.24, 2.45) is 0 Å². The van der Waals surface area contributed by atoms with Crippen LogP contribution in [-0.4, -0.2) is 29.6 Å². The summed E-state index contributed by atoms with van der Waals surface area (Å²) < 4.78 is 0. The van der Waals surface area contributed by atoms with Gasteiger partial charge >= 0.3 is 0 Å². The lowest BCUT2D eigenvalue weighted by molar-refractivity contribution is -0.130. The molecule has 2 aromatic rings. The Balaban J connectivity index is 1.59. The smallest absolute Gasteiger partial charge is 0.227 e. The number of carbonyl (C=O) groups excluding carboxylic acids is 1. The number of amides is 1. The van der Waals surface area contributed by atoms with Gasteiger partial charge in [-0.1, -0.05) is 30.3 Å². The molecule has 1 fully saturated rings. The van der Waals surface area contributed by atoms with E-state index in [0.29, 0.717) is 11.7 Å². The zero-order chi connectivity index (χ0) is 14.5. The fourth-order valence-corrected chi connectivity index (χ4v) is 4.53. The highest BCUT2D eigenvalue weighted by molar-refractivity contribution is 7.99. The van der Waals surface area contributed by atoms with Gasteiger partial charge in [0.05, 0.1) is 6.42 Å². The first-order valence-corrected chi connectivity index (χ1v) is 9.27. The van der Waals surface area contributed by atoms with Crippen molar-refractivity contribution in [3.05, 3.63) is 58.3 Å². The van der Waals surface area contributed by atoms with Crippen LogP contribution in [0.5, 0.6) is 0 Å². The average molecular weight is 317 g/mol. The molecule has 1 aromatic heterocycles. The van der Waals surface area contributed by atoms with E-state index in [1.54, 1.807) is 11.3 Å². The monoisotopic (exact) mass is 317 g/mol. The van der Waals surface area contributed by atoms with Crippen LogP contribution in [0.2, 0.25) is 0 Å². The molecular weight excluding hydrogens is 298 g/mol. The molecule has 1 aliphatic rings. The van der Waals surface area contributed by atoms with Gasteiger partial charge in [-0.3, -0.25) is 4.79 Å². The third-order valence-electron chi connectivity index (χ3n) is 3.80. The summed E-state index contributed by atoms with van der Waals surface area (Å²) in [6.07, 6.45) is 1.59. The van der Waals surface area contributed by atoms with Crippen molar-refractivity contribution in [3.63, 3.8) is 0 Å². The number of hydrogen-bond acceptors (Lipinski definition) is 3. The van der Waals surface area contributed by atoms with Gasteiger partial charge in [0.1, 0.15) is 0 Å². The molecular formula is C17H19NOS2. The molecule has 21 heavy (non-hydrogen) atoms. The number of benzene rings is 1. The van der Waals surface area contributed by atoms with Gasteiger partial charge in [0.2, 0.25) is 5.91 Å². The Morgan fingerprint density at radius 1 is 1.19 bits per heavy atom. The summed E-state index contributed by atoms with van der Waals surface area (Å²) in [4.78, 5) is 14.4. The average Bonchev–Trinajstić information content (AvgIpc) is 2.89. The molecule has 1 atom stereocenters. The van der Waals surface area contributed by atoms with Crippen molar-refractivity contribution >= 4 is 29.0 Å². The highest BCUT2D eigenvalue weighted by atomic mass is 32.2. The first-order chi connectivity index (χ1) is 10.3. The highest BCUT2D eigenvalue weighted by Gasteiger charge is 2.21. The number of nitrogens with zero attached hydrogens (tertiary/aromatic N) is 1. The van der Waals surface area contributed by atoms with E-state index in [1.807, 2.05) is 28.1 Å². The van der Waals surface area contributed by atoms with Gasteiger partial charge in [0.15, 0.2) is 0 Å². The molecule has 4 heteroatoms. The Bertz CT molecular complexity index is 568. The molecule has 1 saturated heterocycles. The van der Waals surface area contributed by atoms with E-state index in [1.165, 1.54) is 5.56 Å². The first kappa shape index (κ1) is 14.7. The van der Waals surface area contributed by atoms with Crippen LogP contribution in [0.15, 0.2) is 47.2 Å². The van der Waals surface area contributed by atoms with Crippen LogP contribution in [0.25, 0.3) is 0 Å². The molecule has 0 spiro atoms. The molecule has 0 aliphatic carbocycles. The summed E-state index contributed by atoms with van der Waals surface area (Å²) in [6, 6.07) is 12.7. The van der Waals surface area contributed by atoms with Crippen LogP contribution >= 0.6 is 23.1 Å². The van der Waals surface area contributed by atoms with E-state index in [2.05, 4.69) is 35.7 Å². The summed E-state index contributed by atoms with van der Waals surface area (Å²) in [5, 5.41) is 4.62. The maximum atomic E-state index is 12.4. The van der Waals surface area contributed by atoms with Crippen LogP contribution in [0.3, 0.4) is 0 Å².